The van der Waals surface area contributed by atoms with Crippen molar-refractivity contribution in [3.8, 4) is 0 Å². The molecule has 0 amide bonds. The smallest absolute Gasteiger partial charge is 0.307 e. The molecule has 4 heteroatoms. The minimum atomic E-state index is -0.908. The van der Waals surface area contributed by atoms with Gasteiger partial charge < -0.3 is 10.5 Å². The summed E-state index contributed by atoms with van der Waals surface area (Å²) in [5.74, 6) is -0.779. The van der Waals surface area contributed by atoms with Crippen LogP contribution in [0.2, 0.25) is 0 Å². The molecule has 0 saturated heterocycles. The molecule has 0 bridgehead atoms. The quantitative estimate of drug-likeness (QED) is 0.772. The molecule has 1 rings (SSSR count). The number of halogens is 1. The highest BCUT2D eigenvalue weighted by molar-refractivity contribution is 5.71. The maximum atomic E-state index is 12.9. The van der Waals surface area contributed by atoms with E-state index in [1.807, 2.05) is 0 Å². The third-order valence-electron chi connectivity index (χ3n) is 2.22. The van der Waals surface area contributed by atoms with E-state index in [1.54, 1.807) is 19.1 Å². The van der Waals surface area contributed by atoms with Gasteiger partial charge in [0.25, 0.3) is 0 Å². The van der Waals surface area contributed by atoms with Crippen LogP contribution in [0.3, 0.4) is 0 Å². The molecule has 0 aromatic heterocycles. The molecular weight excluding hydrogens is 197 g/mol. The number of carbonyl (C=O) groups is 1. The van der Waals surface area contributed by atoms with Gasteiger partial charge in [-0.25, -0.2) is 4.39 Å². The number of benzene rings is 1. The second-order valence-corrected chi connectivity index (χ2v) is 3.68. The van der Waals surface area contributed by atoms with Crippen molar-refractivity contribution >= 4 is 5.97 Å². The van der Waals surface area contributed by atoms with Crippen LogP contribution < -0.4 is 5.73 Å². The van der Waals surface area contributed by atoms with Crippen molar-refractivity contribution in [2.24, 2.45) is 5.73 Å². The summed E-state index contributed by atoms with van der Waals surface area (Å²) >= 11 is 0. The van der Waals surface area contributed by atoms with Gasteiger partial charge in [0, 0.05) is 5.54 Å². The molecule has 1 atom stereocenters. The van der Waals surface area contributed by atoms with Gasteiger partial charge in [-0.1, -0.05) is 12.1 Å². The molecule has 0 aliphatic rings. The molecule has 0 aliphatic carbocycles. The van der Waals surface area contributed by atoms with Gasteiger partial charge in [-0.15, -0.1) is 0 Å². The molecule has 0 spiro atoms. The number of nitrogens with two attached hydrogens (primary N) is 1. The average Bonchev–Trinajstić information content (AvgIpc) is 2.17. The Morgan fingerprint density at radius 1 is 1.60 bits per heavy atom. The molecule has 3 nitrogen and oxygen atoms in total. The Hall–Kier alpha value is -1.42. The van der Waals surface area contributed by atoms with Crippen molar-refractivity contribution in [3.05, 3.63) is 35.6 Å². The predicted molar refractivity (Wildman–Crippen MR) is 54.6 cm³/mol. The van der Waals surface area contributed by atoms with Gasteiger partial charge in [-0.3, -0.25) is 4.79 Å². The van der Waals surface area contributed by atoms with E-state index in [0.717, 1.165) is 0 Å². The minimum Gasteiger partial charge on any atom is -0.469 e. The maximum absolute atomic E-state index is 12.9. The van der Waals surface area contributed by atoms with Crippen LogP contribution in [0.25, 0.3) is 0 Å². The minimum absolute atomic E-state index is 0.0208. The summed E-state index contributed by atoms with van der Waals surface area (Å²) in [6, 6.07) is 5.90. The molecule has 0 aliphatic heterocycles. The zero-order chi connectivity index (χ0) is 11.5. The van der Waals surface area contributed by atoms with Crippen LogP contribution in [0.1, 0.15) is 18.9 Å². The van der Waals surface area contributed by atoms with Crippen molar-refractivity contribution in [1.29, 1.82) is 0 Å². The molecule has 1 aromatic carbocycles. The topological polar surface area (TPSA) is 52.3 Å². The Morgan fingerprint density at radius 2 is 2.27 bits per heavy atom. The van der Waals surface area contributed by atoms with E-state index >= 15 is 0 Å². The summed E-state index contributed by atoms with van der Waals surface area (Å²) in [6.07, 6.45) is 0.0208. The standard InChI is InChI=1S/C11H14FNO2/c1-11(13,7-10(14)15-2)8-4-3-5-9(12)6-8/h3-6H,7,13H2,1-2H3. The molecule has 0 radical (unpaired) electrons. The summed E-state index contributed by atoms with van der Waals surface area (Å²) in [4.78, 5) is 11.1. The Balaban J connectivity index is 2.90. The number of rotatable bonds is 3. The van der Waals surface area contributed by atoms with Gasteiger partial charge in [0.1, 0.15) is 5.82 Å². The SMILES string of the molecule is COC(=O)CC(C)(N)c1cccc(F)c1. The lowest BCUT2D eigenvalue weighted by Gasteiger charge is -2.23. The van der Waals surface area contributed by atoms with E-state index in [-0.39, 0.29) is 12.2 Å². The normalized spacial score (nSPS) is 14.4. The number of hydrogen-bond donors (Lipinski definition) is 1. The highest BCUT2D eigenvalue weighted by Gasteiger charge is 2.25. The molecule has 0 saturated carbocycles. The fourth-order valence-corrected chi connectivity index (χ4v) is 1.32. The van der Waals surface area contributed by atoms with E-state index < -0.39 is 11.5 Å². The Morgan fingerprint density at radius 3 is 2.80 bits per heavy atom. The van der Waals surface area contributed by atoms with Crippen LogP contribution in [0.15, 0.2) is 24.3 Å². The van der Waals surface area contributed by atoms with Crippen LogP contribution in [0.5, 0.6) is 0 Å². The monoisotopic (exact) mass is 211 g/mol. The predicted octanol–water partition coefficient (Wildman–Crippen LogP) is 1.56. The first kappa shape index (κ1) is 11.7. The fraction of sp³-hybridized carbons (Fsp3) is 0.364. The zero-order valence-electron chi connectivity index (χ0n) is 8.79. The van der Waals surface area contributed by atoms with Crippen LogP contribution in [0.4, 0.5) is 4.39 Å². The largest absolute Gasteiger partial charge is 0.469 e. The molecule has 82 valence electrons. The second kappa shape index (κ2) is 4.40. The van der Waals surface area contributed by atoms with Crippen molar-refractivity contribution in [3.63, 3.8) is 0 Å². The van der Waals surface area contributed by atoms with Crippen molar-refractivity contribution < 1.29 is 13.9 Å². The lowest BCUT2D eigenvalue weighted by molar-refractivity contribution is -0.141. The van der Waals surface area contributed by atoms with Gasteiger partial charge in [-0.05, 0) is 24.6 Å². The van der Waals surface area contributed by atoms with E-state index in [9.17, 15) is 9.18 Å². The van der Waals surface area contributed by atoms with Crippen molar-refractivity contribution in [2.45, 2.75) is 18.9 Å². The first-order valence-electron chi connectivity index (χ1n) is 4.57. The summed E-state index contributed by atoms with van der Waals surface area (Å²) in [5, 5.41) is 0. The summed E-state index contributed by atoms with van der Waals surface area (Å²) in [7, 11) is 1.30. The number of ether oxygens (including phenoxy) is 1. The maximum Gasteiger partial charge on any atom is 0.307 e. The number of hydrogen-bond acceptors (Lipinski definition) is 3. The van der Waals surface area contributed by atoms with Crippen molar-refractivity contribution in [1.82, 2.24) is 0 Å². The van der Waals surface area contributed by atoms with Gasteiger partial charge >= 0.3 is 5.97 Å². The summed E-state index contributed by atoms with van der Waals surface area (Å²) in [5.41, 5.74) is 5.59. The Bertz CT molecular complexity index is 363. The molecule has 1 unspecified atom stereocenters. The first-order chi connectivity index (χ1) is 6.95. The number of carbonyl (C=O) groups excluding carboxylic acids is 1. The second-order valence-electron chi connectivity index (χ2n) is 3.68. The number of esters is 1. The van der Waals surface area contributed by atoms with E-state index in [4.69, 9.17) is 5.73 Å². The van der Waals surface area contributed by atoms with Crippen LogP contribution >= 0.6 is 0 Å². The third-order valence-corrected chi connectivity index (χ3v) is 2.22. The lowest BCUT2D eigenvalue weighted by Crippen LogP contribution is -2.36. The fourth-order valence-electron chi connectivity index (χ4n) is 1.32. The van der Waals surface area contributed by atoms with E-state index in [2.05, 4.69) is 4.74 Å². The van der Waals surface area contributed by atoms with Crippen LogP contribution in [-0.4, -0.2) is 13.1 Å². The molecule has 1 aromatic rings. The summed E-state index contributed by atoms with van der Waals surface area (Å²) < 4.78 is 17.5. The third kappa shape index (κ3) is 3.02. The van der Waals surface area contributed by atoms with E-state index in [1.165, 1.54) is 19.2 Å². The highest BCUT2D eigenvalue weighted by atomic mass is 19.1. The summed E-state index contributed by atoms with van der Waals surface area (Å²) in [6.45, 7) is 1.67. The lowest BCUT2D eigenvalue weighted by atomic mass is 9.90. The number of methoxy groups -OCH3 is 1. The molecule has 2 N–H and O–H groups in total. The van der Waals surface area contributed by atoms with Gasteiger partial charge in [0.2, 0.25) is 0 Å². The Kier molecular flexibility index (Phi) is 3.42. The van der Waals surface area contributed by atoms with Crippen LogP contribution in [-0.2, 0) is 15.1 Å². The van der Waals surface area contributed by atoms with E-state index in [0.29, 0.717) is 5.56 Å². The van der Waals surface area contributed by atoms with Gasteiger partial charge in [-0.2, -0.15) is 0 Å². The molecule has 15 heavy (non-hydrogen) atoms. The highest BCUT2D eigenvalue weighted by Crippen LogP contribution is 2.22. The van der Waals surface area contributed by atoms with Gasteiger partial charge in [0.05, 0.1) is 13.5 Å². The molecule has 0 heterocycles. The molecule has 0 fully saturated rings. The Labute approximate surface area is 88.0 Å². The first-order valence-corrected chi connectivity index (χ1v) is 4.57. The molecular formula is C11H14FNO2. The average molecular weight is 211 g/mol. The zero-order valence-corrected chi connectivity index (χ0v) is 8.79. The van der Waals surface area contributed by atoms with Crippen molar-refractivity contribution in [2.75, 3.05) is 7.11 Å². The van der Waals surface area contributed by atoms with Gasteiger partial charge in [0.15, 0.2) is 0 Å². The van der Waals surface area contributed by atoms with Crippen LogP contribution in [0, 0.1) is 5.82 Å².